The predicted molar refractivity (Wildman–Crippen MR) is 63.9 cm³/mol. The summed E-state index contributed by atoms with van der Waals surface area (Å²) >= 11 is 0. The van der Waals surface area contributed by atoms with Gasteiger partial charge in [0.2, 0.25) is 0 Å². The van der Waals surface area contributed by atoms with Crippen molar-refractivity contribution in [2.75, 3.05) is 6.54 Å². The van der Waals surface area contributed by atoms with E-state index in [2.05, 4.69) is 27.7 Å². The Balaban J connectivity index is 1.88. The van der Waals surface area contributed by atoms with E-state index in [0.717, 1.165) is 18.9 Å². The monoisotopic (exact) mass is 225 g/mol. The third-order valence-electron chi connectivity index (χ3n) is 2.54. The highest BCUT2D eigenvalue weighted by molar-refractivity contribution is 4.74. The number of tetrazole rings is 1. The van der Waals surface area contributed by atoms with E-state index < -0.39 is 0 Å². The maximum atomic E-state index is 4.10. The Morgan fingerprint density at radius 2 is 1.88 bits per heavy atom. The summed E-state index contributed by atoms with van der Waals surface area (Å²) < 4.78 is 0. The lowest BCUT2D eigenvalue weighted by atomic mass is 10.1. The second-order valence-electron chi connectivity index (χ2n) is 4.14. The fourth-order valence-electron chi connectivity index (χ4n) is 1.62. The Kier molecular flexibility index (Phi) is 6.72. The Labute approximate surface area is 97.6 Å². The standard InChI is InChI=1S/C11H23N5/c1-3-4-5-6-7-8-9-12-10-11-13-15-16(2)14-11/h12H,3-10H2,1-2H3. The molecule has 0 bridgehead atoms. The Hall–Kier alpha value is -0.970. The summed E-state index contributed by atoms with van der Waals surface area (Å²) in [5.74, 6) is 0.772. The Morgan fingerprint density at radius 1 is 1.12 bits per heavy atom. The van der Waals surface area contributed by atoms with Crippen LogP contribution in [0.4, 0.5) is 0 Å². The van der Waals surface area contributed by atoms with Crippen LogP contribution in [0.15, 0.2) is 0 Å². The molecule has 5 heteroatoms. The third kappa shape index (κ3) is 5.80. The van der Waals surface area contributed by atoms with Gasteiger partial charge in [-0.05, 0) is 18.2 Å². The van der Waals surface area contributed by atoms with Crippen molar-refractivity contribution < 1.29 is 0 Å². The molecule has 1 aromatic rings. The van der Waals surface area contributed by atoms with E-state index in [1.165, 1.54) is 43.3 Å². The van der Waals surface area contributed by atoms with E-state index in [4.69, 9.17) is 0 Å². The molecule has 1 N–H and O–H groups in total. The van der Waals surface area contributed by atoms with Crippen molar-refractivity contribution in [3.63, 3.8) is 0 Å². The summed E-state index contributed by atoms with van der Waals surface area (Å²) in [6.45, 7) is 4.02. The first-order valence-corrected chi connectivity index (χ1v) is 6.26. The molecule has 0 radical (unpaired) electrons. The van der Waals surface area contributed by atoms with Gasteiger partial charge in [0.25, 0.3) is 0 Å². The molecule has 0 saturated heterocycles. The van der Waals surface area contributed by atoms with Crippen LogP contribution in [0.5, 0.6) is 0 Å². The molecule has 0 atom stereocenters. The van der Waals surface area contributed by atoms with Gasteiger partial charge in [0.1, 0.15) is 0 Å². The van der Waals surface area contributed by atoms with Gasteiger partial charge in [-0.3, -0.25) is 0 Å². The van der Waals surface area contributed by atoms with Crippen molar-refractivity contribution in [1.82, 2.24) is 25.5 Å². The zero-order chi connectivity index (χ0) is 11.6. The van der Waals surface area contributed by atoms with E-state index in [1.807, 2.05) is 0 Å². The highest BCUT2D eigenvalue weighted by atomic mass is 15.6. The van der Waals surface area contributed by atoms with Crippen molar-refractivity contribution in [3.05, 3.63) is 5.82 Å². The van der Waals surface area contributed by atoms with Crippen molar-refractivity contribution >= 4 is 0 Å². The van der Waals surface area contributed by atoms with Crippen LogP contribution in [0.25, 0.3) is 0 Å². The molecule has 0 aliphatic heterocycles. The van der Waals surface area contributed by atoms with E-state index in [0.29, 0.717) is 0 Å². The van der Waals surface area contributed by atoms with Crippen LogP contribution in [0.1, 0.15) is 51.3 Å². The van der Waals surface area contributed by atoms with Gasteiger partial charge >= 0.3 is 0 Å². The van der Waals surface area contributed by atoms with Crippen molar-refractivity contribution in [1.29, 1.82) is 0 Å². The minimum Gasteiger partial charge on any atom is -0.310 e. The minimum atomic E-state index is 0.725. The highest BCUT2D eigenvalue weighted by Crippen LogP contribution is 2.04. The molecule has 0 aliphatic carbocycles. The number of nitrogens with zero attached hydrogens (tertiary/aromatic N) is 4. The molecule has 1 heterocycles. The lowest BCUT2D eigenvalue weighted by Gasteiger charge is -2.01. The van der Waals surface area contributed by atoms with Crippen LogP contribution in [0.3, 0.4) is 0 Å². The molecule has 0 aromatic carbocycles. The Bertz CT molecular complexity index is 271. The average molecular weight is 225 g/mol. The molecule has 5 nitrogen and oxygen atoms in total. The molecule has 0 fully saturated rings. The number of hydrogen-bond acceptors (Lipinski definition) is 4. The molecule has 0 unspecified atom stereocenters. The average Bonchev–Trinajstić information content (AvgIpc) is 2.68. The number of aromatic nitrogens is 4. The Morgan fingerprint density at radius 3 is 2.56 bits per heavy atom. The fraction of sp³-hybridized carbons (Fsp3) is 0.909. The first-order chi connectivity index (χ1) is 7.83. The van der Waals surface area contributed by atoms with Crippen molar-refractivity contribution in [2.45, 2.75) is 52.0 Å². The van der Waals surface area contributed by atoms with Crippen LogP contribution >= 0.6 is 0 Å². The molecule has 1 rings (SSSR count). The summed E-state index contributed by atoms with van der Waals surface area (Å²) in [6, 6.07) is 0. The molecule has 0 saturated carbocycles. The number of rotatable bonds is 9. The normalized spacial score (nSPS) is 10.9. The predicted octanol–water partition coefficient (Wildman–Crippen LogP) is 1.66. The zero-order valence-corrected chi connectivity index (χ0v) is 10.4. The summed E-state index contributed by atoms with van der Waals surface area (Å²) in [5, 5.41) is 15.1. The number of aryl methyl sites for hydroxylation is 1. The number of hydrogen-bond donors (Lipinski definition) is 1. The zero-order valence-electron chi connectivity index (χ0n) is 10.4. The van der Waals surface area contributed by atoms with Gasteiger partial charge in [-0.25, -0.2) is 0 Å². The van der Waals surface area contributed by atoms with Gasteiger partial charge in [0, 0.05) is 0 Å². The second kappa shape index (κ2) is 8.21. The first-order valence-electron chi connectivity index (χ1n) is 6.26. The SMILES string of the molecule is CCCCCCCCNCc1nnn(C)n1. The van der Waals surface area contributed by atoms with Crippen LogP contribution < -0.4 is 5.32 Å². The third-order valence-corrected chi connectivity index (χ3v) is 2.54. The number of nitrogens with one attached hydrogen (secondary N) is 1. The van der Waals surface area contributed by atoms with E-state index in [-0.39, 0.29) is 0 Å². The topological polar surface area (TPSA) is 55.6 Å². The summed E-state index contributed by atoms with van der Waals surface area (Å²) in [4.78, 5) is 1.49. The molecule has 1 aromatic heterocycles. The maximum absolute atomic E-state index is 4.10. The summed E-state index contributed by atoms with van der Waals surface area (Å²) in [7, 11) is 1.78. The fourth-order valence-corrected chi connectivity index (χ4v) is 1.62. The molecular formula is C11H23N5. The van der Waals surface area contributed by atoms with Gasteiger partial charge in [-0.2, -0.15) is 4.80 Å². The van der Waals surface area contributed by atoms with Gasteiger partial charge in [-0.1, -0.05) is 39.0 Å². The quantitative estimate of drug-likeness (QED) is 0.649. The van der Waals surface area contributed by atoms with Crippen LogP contribution in [0.2, 0.25) is 0 Å². The first kappa shape index (κ1) is 13.1. The van der Waals surface area contributed by atoms with E-state index >= 15 is 0 Å². The largest absolute Gasteiger partial charge is 0.310 e. The van der Waals surface area contributed by atoms with E-state index in [1.54, 1.807) is 7.05 Å². The van der Waals surface area contributed by atoms with E-state index in [9.17, 15) is 0 Å². The van der Waals surface area contributed by atoms with Gasteiger partial charge in [0.05, 0.1) is 13.6 Å². The van der Waals surface area contributed by atoms with Gasteiger partial charge in [-0.15, -0.1) is 10.2 Å². The second-order valence-corrected chi connectivity index (χ2v) is 4.14. The minimum absolute atomic E-state index is 0.725. The smallest absolute Gasteiger partial charge is 0.188 e. The molecular weight excluding hydrogens is 202 g/mol. The molecule has 0 aliphatic rings. The highest BCUT2D eigenvalue weighted by Gasteiger charge is 1.98. The van der Waals surface area contributed by atoms with Crippen LogP contribution in [-0.2, 0) is 13.6 Å². The maximum Gasteiger partial charge on any atom is 0.188 e. The molecule has 0 amide bonds. The van der Waals surface area contributed by atoms with Crippen LogP contribution in [0, 0.1) is 0 Å². The van der Waals surface area contributed by atoms with Crippen molar-refractivity contribution in [3.8, 4) is 0 Å². The lowest BCUT2D eigenvalue weighted by molar-refractivity contribution is 0.564. The molecule has 0 spiro atoms. The summed E-state index contributed by atoms with van der Waals surface area (Å²) in [6.07, 6.45) is 7.99. The van der Waals surface area contributed by atoms with Crippen molar-refractivity contribution in [2.24, 2.45) is 7.05 Å². The lowest BCUT2D eigenvalue weighted by Crippen LogP contribution is -2.15. The molecule has 16 heavy (non-hydrogen) atoms. The van der Waals surface area contributed by atoms with Gasteiger partial charge < -0.3 is 5.32 Å². The summed E-state index contributed by atoms with van der Waals surface area (Å²) in [5.41, 5.74) is 0. The van der Waals surface area contributed by atoms with Crippen LogP contribution in [-0.4, -0.2) is 26.8 Å². The van der Waals surface area contributed by atoms with Gasteiger partial charge in [0.15, 0.2) is 5.82 Å². The molecule has 92 valence electrons. The number of unbranched alkanes of at least 4 members (excludes halogenated alkanes) is 5.